The maximum absolute atomic E-state index is 12.9. The Balaban J connectivity index is 1.85. The van der Waals surface area contributed by atoms with Gasteiger partial charge in [0, 0.05) is 0 Å². The third-order valence-corrected chi connectivity index (χ3v) is 5.62. The first kappa shape index (κ1) is 22.5. The summed E-state index contributed by atoms with van der Waals surface area (Å²) in [4.78, 5) is 27.9. The molecule has 14 heteroatoms. The smallest absolute Gasteiger partial charge is 0.335 e. The Morgan fingerprint density at radius 1 is 1.23 bits per heavy atom. The molecular weight excluding hydrogens is 450 g/mol. The minimum atomic E-state index is -4.41. The van der Waals surface area contributed by atoms with E-state index in [9.17, 15) is 13.2 Å². The summed E-state index contributed by atoms with van der Waals surface area (Å²) in [6, 6.07) is 2.08. The topological polar surface area (TPSA) is 150 Å². The first-order chi connectivity index (χ1) is 14.7. The fourth-order valence-corrected chi connectivity index (χ4v) is 4.08. The number of hydrogen-bond donors (Lipinski definition) is 2. The number of unbranched alkanes of at least 4 members (excludes halogenated alkanes) is 1. The number of sulfonamides is 1. The van der Waals surface area contributed by atoms with E-state index >= 15 is 0 Å². The van der Waals surface area contributed by atoms with E-state index < -0.39 is 21.1 Å². The van der Waals surface area contributed by atoms with E-state index in [1.165, 1.54) is 17.7 Å². The molecule has 0 atom stereocenters. The van der Waals surface area contributed by atoms with Gasteiger partial charge in [-0.15, -0.1) is 0 Å². The van der Waals surface area contributed by atoms with E-state index in [-0.39, 0.29) is 28.6 Å². The molecule has 3 rings (SSSR count). The zero-order valence-corrected chi connectivity index (χ0v) is 18.5. The minimum Gasteiger partial charge on any atom is -0.492 e. The number of carbonyl (C=O) groups is 1. The zero-order valence-electron chi connectivity index (χ0n) is 16.9. The number of nitrogens with zero attached hydrogens (tertiary/aromatic N) is 5. The van der Waals surface area contributed by atoms with E-state index in [1.807, 2.05) is 11.6 Å². The Morgan fingerprint density at radius 3 is 2.71 bits per heavy atom. The van der Waals surface area contributed by atoms with Gasteiger partial charge in [-0.05, 0) is 25.5 Å². The minimum absolute atomic E-state index is 0.0360. The van der Waals surface area contributed by atoms with Crippen molar-refractivity contribution in [2.45, 2.75) is 31.7 Å². The normalized spacial score (nSPS) is 11.4. The van der Waals surface area contributed by atoms with E-state index in [4.69, 9.17) is 21.1 Å². The number of methoxy groups -OCH3 is 1. The standard InChI is InChI=1S/C17H20ClN7O5S/c1-4-5-8-30-11-6-7-12-21-13(18)14(25(12)9-11)31(27,28)24-16(26)22-15-19-10(2)20-17(23-15)29-3/h6-7,9H,4-5,8H2,1-3H3,(H2,19,20,22,23,24,26). The molecule has 3 heterocycles. The number of rotatable bonds is 8. The molecule has 0 unspecified atom stereocenters. The van der Waals surface area contributed by atoms with Gasteiger partial charge >= 0.3 is 12.0 Å². The van der Waals surface area contributed by atoms with Crippen LogP contribution >= 0.6 is 11.6 Å². The number of imidazole rings is 1. The van der Waals surface area contributed by atoms with Crippen molar-refractivity contribution in [1.29, 1.82) is 0 Å². The van der Waals surface area contributed by atoms with Crippen LogP contribution < -0.4 is 19.5 Å². The number of nitrogens with one attached hydrogen (secondary N) is 2. The Bertz CT molecular complexity index is 1220. The first-order valence-corrected chi connectivity index (χ1v) is 11.0. The monoisotopic (exact) mass is 469 g/mol. The van der Waals surface area contributed by atoms with Gasteiger partial charge in [0.25, 0.3) is 10.0 Å². The van der Waals surface area contributed by atoms with Crippen molar-refractivity contribution >= 4 is 39.3 Å². The number of ether oxygens (including phenoxy) is 2. The van der Waals surface area contributed by atoms with Crippen molar-refractivity contribution in [3.8, 4) is 11.8 Å². The number of aryl methyl sites for hydroxylation is 1. The van der Waals surface area contributed by atoms with E-state index in [1.54, 1.807) is 19.1 Å². The van der Waals surface area contributed by atoms with Crippen molar-refractivity contribution in [2.24, 2.45) is 0 Å². The lowest BCUT2D eigenvalue weighted by Gasteiger charge is -2.10. The van der Waals surface area contributed by atoms with Crippen molar-refractivity contribution < 1.29 is 22.7 Å². The number of pyridine rings is 1. The Kier molecular flexibility index (Phi) is 6.75. The molecule has 0 aliphatic carbocycles. The number of halogens is 1. The third-order valence-electron chi connectivity index (χ3n) is 3.89. The SMILES string of the molecule is CCCCOc1ccc2nc(Cl)c(S(=O)(=O)NC(=O)Nc3nc(C)nc(OC)n3)n2c1. The first-order valence-electron chi connectivity index (χ1n) is 9.14. The number of aromatic nitrogens is 5. The molecule has 3 aromatic rings. The van der Waals surface area contributed by atoms with Crippen LogP contribution in [0.2, 0.25) is 5.15 Å². The van der Waals surface area contributed by atoms with Gasteiger partial charge in [-0.1, -0.05) is 24.9 Å². The van der Waals surface area contributed by atoms with Gasteiger partial charge in [0.1, 0.15) is 17.2 Å². The largest absolute Gasteiger partial charge is 0.492 e. The van der Waals surface area contributed by atoms with E-state index in [2.05, 4.69) is 25.3 Å². The average Bonchev–Trinajstić information content (AvgIpc) is 3.03. The molecule has 0 aliphatic heterocycles. The Morgan fingerprint density at radius 2 is 2.00 bits per heavy atom. The second-order valence-corrected chi connectivity index (χ2v) is 8.21. The number of urea groups is 1. The summed E-state index contributed by atoms with van der Waals surface area (Å²) in [6.07, 6.45) is 3.23. The van der Waals surface area contributed by atoms with Crippen molar-refractivity contribution in [3.05, 3.63) is 29.3 Å². The molecule has 0 radical (unpaired) electrons. The fourth-order valence-electron chi connectivity index (χ4n) is 2.54. The molecule has 0 aliphatic rings. The number of carbonyl (C=O) groups excluding carboxylic acids is 1. The molecule has 0 fully saturated rings. The Hall–Kier alpha value is -3.19. The van der Waals surface area contributed by atoms with Crippen LogP contribution in [0.5, 0.6) is 11.8 Å². The van der Waals surface area contributed by atoms with Gasteiger partial charge in [-0.3, -0.25) is 9.72 Å². The predicted molar refractivity (Wildman–Crippen MR) is 111 cm³/mol. The molecule has 0 aromatic carbocycles. The van der Waals surface area contributed by atoms with Crippen molar-refractivity contribution in [2.75, 3.05) is 19.0 Å². The summed E-state index contributed by atoms with van der Waals surface area (Å²) in [5.74, 6) is 0.516. The second kappa shape index (κ2) is 9.31. The van der Waals surface area contributed by atoms with Gasteiger partial charge < -0.3 is 9.47 Å². The van der Waals surface area contributed by atoms with Crippen LogP contribution in [0.15, 0.2) is 23.4 Å². The summed E-state index contributed by atoms with van der Waals surface area (Å²) < 4.78 is 39.3. The molecule has 166 valence electrons. The molecule has 0 bridgehead atoms. The number of anilines is 1. The van der Waals surface area contributed by atoms with Gasteiger partial charge in [-0.25, -0.2) is 14.5 Å². The molecule has 0 spiro atoms. The fraction of sp³-hybridized carbons (Fsp3) is 0.353. The maximum atomic E-state index is 12.9. The molecule has 31 heavy (non-hydrogen) atoms. The molecular formula is C17H20ClN7O5S. The third kappa shape index (κ3) is 5.30. The summed E-state index contributed by atoms with van der Waals surface area (Å²) >= 11 is 6.06. The van der Waals surface area contributed by atoms with Crippen LogP contribution in [0.1, 0.15) is 25.6 Å². The molecule has 2 amide bonds. The number of hydrogen-bond acceptors (Lipinski definition) is 9. The highest BCUT2D eigenvalue weighted by molar-refractivity contribution is 7.90. The molecule has 12 nitrogen and oxygen atoms in total. The molecule has 0 saturated heterocycles. The lowest BCUT2D eigenvalue weighted by Crippen LogP contribution is -2.35. The summed E-state index contributed by atoms with van der Waals surface area (Å²) in [6.45, 7) is 4.06. The summed E-state index contributed by atoms with van der Waals surface area (Å²) in [7, 11) is -3.07. The second-order valence-electron chi connectivity index (χ2n) is 6.26. The van der Waals surface area contributed by atoms with Crippen LogP contribution in [-0.2, 0) is 10.0 Å². The van der Waals surface area contributed by atoms with Crippen LogP contribution in [0.25, 0.3) is 5.65 Å². The highest BCUT2D eigenvalue weighted by Crippen LogP contribution is 2.25. The summed E-state index contributed by atoms with van der Waals surface area (Å²) in [5, 5.41) is 1.51. The van der Waals surface area contributed by atoms with E-state index in [0.717, 1.165) is 12.8 Å². The van der Waals surface area contributed by atoms with Crippen LogP contribution in [0.4, 0.5) is 10.7 Å². The van der Waals surface area contributed by atoms with Crippen LogP contribution in [-0.4, -0.2) is 52.5 Å². The maximum Gasteiger partial charge on any atom is 0.335 e. The highest BCUT2D eigenvalue weighted by atomic mass is 35.5. The van der Waals surface area contributed by atoms with Crippen LogP contribution in [0, 0.1) is 6.92 Å². The molecule has 0 saturated carbocycles. The zero-order chi connectivity index (χ0) is 22.6. The van der Waals surface area contributed by atoms with Crippen LogP contribution in [0.3, 0.4) is 0 Å². The van der Waals surface area contributed by atoms with Gasteiger partial charge in [0.15, 0.2) is 10.2 Å². The van der Waals surface area contributed by atoms with Gasteiger partial charge in [0.2, 0.25) is 5.95 Å². The van der Waals surface area contributed by atoms with Crippen molar-refractivity contribution in [1.82, 2.24) is 29.1 Å². The van der Waals surface area contributed by atoms with E-state index in [0.29, 0.717) is 12.4 Å². The highest BCUT2D eigenvalue weighted by Gasteiger charge is 2.27. The van der Waals surface area contributed by atoms with Gasteiger partial charge in [-0.2, -0.15) is 23.4 Å². The van der Waals surface area contributed by atoms with Crippen molar-refractivity contribution in [3.63, 3.8) is 0 Å². The molecule has 2 N–H and O–H groups in total. The summed E-state index contributed by atoms with van der Waals surface area (Å²) in [5.41, 5.74) is 0.270. The molecule has 3 aromatic heterocycles. The lowest BCUT2D eigenvalue weighted by molar-refractivity contribution is 0.256. The van der Waals surface area contributed by atoms with Gasteiger partial charge in [0.05, 0.1) is 19.9 Å². The Labute approximate surface area is 183 Å². The number of fused-ring (bicyclic) bond motifs is 1. The predicted octanol–water partition coefficient (Wildman–Crippen LogP) is 2.18. The lowest BCUT2D eigenvalue weighted by atomic mass is 10.3. The number of amides is 2. The average molecular weight is 470 g/mol. The quantitative estimate of drug-likeness (QED) is 0.473.